The number of hydrogen-bond acceptors (Lipinski definition) is 4. The third kappa shape index (κ3) is 2.99. The van der Waals surface area contributed by atoms with Gasteiger partial charge in [-0.1, -0.05) is 12.1 Å². The third-order valence-electron chi connectivity index (χ3n) is 4.66. The SMILES string of the molecule is CCn1cc(COc2ccc(N3C(=O)c4ccccc4C3=O)cc2)c(C)n1. The largest absolute Gasteiger partial charge is 0.489 e. The standard InChI is InChI=1S/C21H19N3O3/c1-3-23-12-15(14(2)22-23)13-27-17-10-8-16(9-11-17)24-20(25)18-6-4-5-7-19(18)21(24)26/h4-12H,3,13H2,1-2H3. The van der Waals surface area contributed by atoms with E-state index in [1.807, 2.05) is 24.7 Å². The van der Waals surface area contributed by atoms with Gasteiger partial charge in [0.15, 0.2) is 0 Å². The van der Waals surface area contributed by atoms with E-state index >= 15 is 0 Å². The minimum Gasteiger partial charge on any atom is -0.489 e. The lowest BCUT2D eigenvalue weighted by Crippen LogP contribution is -2.29. The molecule has 6 heteroatoms. The fourth-order valence-corrected chi connectivity index (χ4v) is 3.14. The number of amides is 2. The van der Waals surface area contributed by atoms with Gasteiger partial charge in [0.2, 0.25) is 0 Å². The van der Waals surface area contributed by atoms with Crippen LogP contribution in [0.3, 0.4) is 0 Å². The second-order valence-corrected chi connectivity index (χ2v) is 6.37. The Hall–Kier alpha value is -3.41. The van der Waals surface area contributed by atoms with Gasteiger partial charge in [-0.05, 0) is 50.2 Å². The number of aromatic nitrogens is 2. The number of anilines is 1. The number of carbonyl (C=O) groups is 2. The first-order valence-electron chi connectivity index (χ1n) is 8.82. The molecule has 0 N–H and O–H groups in total. The summed E-state index contributed by atoms with van der Waals surface area (Å²) in [5.74, 6) is 0.0674. The van der Waals surface area contributed by atoms with Gasteiger partial charge in [0.1, 0.15) is 12.4 Å². The third-order valence-corrected chi connectivity index (χ3v) is 4.66. The summed E-state index contributed by atoms with van der Waals surface area (Å²) in [4.78, 5) is 26.3. The molecule has 0 saturated carbocycles. The highest BCUT2D eigenvalue weighted by molar-refractivity contribution is 6.34. The first-order valence-corrected chi connectivity index (χ1v) is 8.82. The summed E-state index contributed by atoms with van der Waals surface area (Å²) in [6.45, 7) is 5.22. The highest BCUT2D eigenvalue weighted by atomic mass is 16.5. The lowest BCUT2D eigenvalue weighted by atomic mass is 10.1. The van der Waals surface area contributed by atoms with Crippen LogP contribution in [0.4, 0.5) is 5.69 Å². The molecule has 3 aromatic rings. The first kappa shape index (κ1) is 17.0. The Morgan fingerprint density at radius 1 is 0.963 bits per heavy atom. The quantitative estimate of drug-likeness (QED) is 0.652. The summed E-state index contributed by atoms with van der Waals surface area (Å²) in [6.07, 6.45) is 1.97. The molecule has 2 heterocycles. The van der Waals surface area contributed by atoms with Crippen LogP contribution in [0.5, 0.6) is 5.75 Å². The molecule has 4 rings (SSSR count). The molecule has 1 aromatic heterocycles. The van der Waals surface area contributed by atoms with Crippen molar-refractivity contribution in [3.63, 3.8) is 0 Å². The fraction of sp³-hybridized carbons (Fsp3) is 0.190. The number of rotatable bonds is 5. The summed E-state index contributed by atoms with van der Waals surface area (Å²) in [5.41, 5.74) is 3.38. The molecule has 0 radical (unpaired) electrons. The van der Waals surface area contributed by atoms with E-state index in [0.717, 1.165) is 17.8 Å². The molecular weight excluding hydrogens is 342 g/mol. The maximum absolute atomic E-state index is 12.5. The predicted octanol–water partition coefficient (Wildman–Crippen LogP) is 3.59. The van der Waals surface area contributed by atoms with Crippen molar-refractivity contribution in [1.29, 1.82) is 0 Å². The van der Waals surface area contributed by atoms with E-state index in [0.29, 0.717) is 29.2 Å². The van der Waals surface area contributed by atoms with Crippen LogP contribution in [-0.4, -0.2) is 21.6 Å². The smallest absolute Gasteiger partial charge is 0.266 e. The number of nitrogens with zero attached hydrogens (tertiary/aromatic N) is 3. The van der Waals surface area contributed by atoms with Crippen LogP contribution in [0.1, 0.15) is 38.9 Å². The molecule has 0 atom stereocenters. The zero-order chi connectivity index (χ0) is 19.0. The van der Waals surface area contributed by atoms with E-state index in [2.05, 4.69) is 5.10 Å². The topological polar surface area (TPSA) is 64.4 Å². The van der Waals surface area contributed by atoms with Crippen molar-refractivity contribution >= 4 is 17.5 Å². The van der Waals surface area contributed by atoms with E-state index in [1.54, 1.807) is 48.5 Å². The lowest BCUT2D eigenvalue weighted by molar-refractivity contribution is 0.0926. The second kappa shape index (κ2) is 6.72. The Bertz CT molecular complexity index is 986. The minimum atomic E-state index is -0.299. The summed E-state index contributed by atoms with van der Waals surface area (Å²) >= 11 is 0. The molecule has 27 heavy (non-hydrogen) atoms. The Morgan fingerprint density at radius 2 is 1.59 bits per heavy atom. The van der Waals surface area contributed by atoms with Crippen LogP contribution in [0.15, 0.2) is 54.7 Å². The fourth-order valence-electron chi connectivity index (χ4n) is 3.14. The normalized spacial score (nSPS) is 13.2. The van der Waals surface area contributed by atoms with Crippen molar-refractivity contribution in [2.75, 3.05) is 4.90 Å². The summed E-state index contributed by atoms with van der Waals surface area (Å²) < 4.78 is 7.70. The molecule has 2 amide bonds. The van der Waals surface area contributed by atoms with Crippen molar-refractivity contribution in [1.82, 2.24) is 9.78 Å². The van der Waals surface area contributed by atoms with Crippen LogP contribution in [0.25, 0.3) is 0 Å². The monoisotopic (exact) mass is 361 g/mol. The molecule has 0 saturated heterocycles. The molecule has 0 spiro atoms. The number of hydrogen-bond donors (Lipinski definition) is 0. The average molecular weight is 361 g/mol. The van der Waals surface area contributed by atoms with Crippen molar-refractivity contribution in [3.05, 3.63) is 77.1 Å². The Balaban J connectivity index is 1.49. The van der Waals surface area contributed by atoms with Crippen LogP contribution < -0.4 is 9.64 Å². The van der Waals surface area contributed by atoms with Crippen molar-refractivity contribution < 1.29 is 14.3 Å². The highest BCUT2D eigenvalue weighted by Crippen LogP contribution is 2.29. The van der Waals surface area contributed by atoms with Gasteiger partial charge in [0.25, 0.3) is 11.8 Å². The maximum atomic E-state index is 12.5. The zero-order valence-electron chi connectivity index (χ0n) is 15.2. The number of fused-ring (bicyclic) bond motifs is 1. The Morgan fingerprint density at radius 3 is 2.15 bits per heavy atom. The van der Waals surface area contributed by atoms with Gasteiger partial charge in [-0.3, -0.25) is 14.3 Å². The van der Waals surface area contributed by atoms with E-state index in [9.17, 15) is 9.59 Å². The second-order valence-electron chi connectivity index (χ2n) is 6.37. The van der Waals surface area contributed by atoms with Crippen molar-refractivity contribution in [2.24, 2.45) is 0 Å². The first-order chi connectivity index (χ1) is 13.1. The molecule has 2 aromatic carbocycles. The molecule has 1 aliphatic rings. The van der Waals surface area contributed by atoms with Crippen molar-refractivity contribution in [2.45, 2.75) is 27.0 Å². The van der Waals surface area contributed by atoms with Gasteiger partial charge in [-0.2, -0.15) is 5.10 Å². The van der Waals surface area contributed by atoms with E-state index < -0.39 is 0 Å². The van der Waals surface area contributed by atoms with Gasteiger partial charge in [-0.15, -0.1) is 0 Å². The zero-order valence-corrected chi connectivity index (χ0v) is 15.2. The number of ether oxygens (including phenoxy) is 1. The highest BCUT2D eigenvalue weighted by Gasteiger charge is 2.36. The number of benzene rings is 2. The molecule has 1 aliphatic heterocycles. The maximum Gasteiger partial charge on any atom is 0.266 e. The summed E-state index contributed by atoms with van der Waals surface area (Å²) in [5, 5.41) is 4.40. The van der Waals surface area contributed by atoms with E-state index in [1.165, 1.54) is 4.90 Å². The summed E-state index contributed by atoms with van der Waals surface area (Å²) in [7, 11) is 0. The van der Waals surface area contributed by atoms with Gasteiger partial charge >= 0.3 is 0 Å². The molecule has 0 unspecified atom stereocenters. The van der Waals surface area contributed by atoms with Gasteiger partial charge in [0, 0.05) is 18.3 Å². The summed E-state index contributed by atoms with van der Waals surface area (Å²) in [6, 6.07) is 13.8. The molecule has 0 fully saturated rings. The van der Waals surface area contributed by atoms with E-state index in [-0.39, 0.29) is 11.8 Å². The Labute approximate surface area is 157 Å². The van der Waals surface area contributed by atoms with Gasteiger partial charge in [-0.25, -0.2) is 4.90 Å². The minimum absolute atomic E-state index is 0.299. The molecule has 0 aliphatic carbocycles. The van der Waals surface area contributed by atoms with Crippen molar-refractivity contribution in [3.8, 4) is 5.75 Å². The van der Waals surface area contributed by atoms with Crippen LogP contribution in [-0.2, 0) is 13.2 Å². The average Bonchev–Trinajstić information content (AvgIpc) is 3.18. The lowest BCUT2D eigenvalue weighted by Gasteiger charge is -2.14. The van der Waals surface area contributed by atoms with E-state index in [4.69, 9.17) is 4.74 Å². The predicted molar refractivity (Wildman–Crippen MR) is 101 cm³/mol. The van der Waals surface area contributed by atoms with Crippen LogP contribution in [0, 0.1) is 6.92 Å². The number of aryl methyl sites for hydroxylation is 2. The van der Waals surface area contributed by atoms with Gasteiger partial charge < -0.3 is 4.74 Å². The Kier molecular flexibility index (Phi) is 4.24. The van der Waals surface area contributed by atoms with Crippen LogP contribution >= 0.6 is 0 Å². The number of carbonyl (C=O) groups excluding carboxylic acids is 2. The molecular formula is C21H19N3O3. The number of imide groups is 1. The molecule has 0 bridgehead atoms. The molecule has 136 valence electrons. The van der Waals surface area contributed by atoms with Gasteiger partial charge in [0.05, 0.1) is 22.5 Å². The van der Waals surface area contributed by atoms with Crippen LogP contribution in [0.2, 0.25) is 0 Å². The molecule has 6 nitrogen and oxygen atoms in total.